The van der Waals surface area contributed by atoms with E-state index in [0.29, 0.717) is 18.9 Å². The monoisotopic (exact) mass is 280 g/mol. The van der Waals surface area contributed by atoms with Crippen LogP contribution < -0.4 is 0 Å². The van der Waals surface area contributed by atoms with Crippen LogP contribution in [-0.2, 0) is 35.3 Å². The van der Waals surface area contributed by atoms with E-state index in [1.807, 2.05) is 6.92 Å². The third-order valence-corrected chi connectivity index (χ3v) is 3.46. The van der Waals surface area contributed by atoms with E-state index in [9.17, 15) is 4.79 Å². The Hall–Kier alpha value is -1.32. The molecule has 0 N–H and O–H groups in total. The molecule has 0 fully saturated rings. The lowest BCUT2D eigenvalue weighted by atomic mass is 10.1. The van der Waals surface area contributed by atoms with Gasteiger partial charge in [-0.15, -0.1) is 0 Å². The number of nitrogens with zero attached hydrogens (tertiary/aromatic N) is 2. The van der Waals surface area contributed by atoms with Crippen molar-refractivity contribution in [3.8, 4) is 0 Å². The van der Waals surface area contributed by atoms with E-state index in [2.05, 4.69) is 32.4 Å². The van der Waals surface area contributed by atoms with Crippen LogP contribution in [0, 0.1) is 5.92 Å². The van der Waals surface area contributed by atoms with E-state index in [1.165, 1.54) is 5.69 Å². The molecule has 1 rings (SSSR count). The Kier molecular flexibility index (Phi) is 6.76. The molecule has 4 heteroatoms. The SMILES string of the molecule is CCOC(=O)Cc1c(CC)nn(CCC(C)C)c1CC. The van der Waals surface area contributed by atoms with E-state index in [1.54, 1.807) is 0 Å². The third kappa shape index (κ3) is 4.36. The first kappa shape index (κ1) is 16.7. The van der Waals surface area contributed by atoms with Crippen molar-refractivity contribution in [2.24, 2.45) is 5.92 Å². The van der Waals surface area contributed by atoms with Crippen LogP contribution in [0.1, 0.15) is 58.0 Å². The van der Waals surface area contributed by atoms with Crippen LogP contribution in [-0.4, -0.2) is 22.4 Å². The van der Waals surface area contributed by atoms with Crippen LogP contribution in [0.25, 0.3) is 0 Å². The Morgan fingerprint density at radius 2 is 1.95 bits per heavy atom. The minimum absolute atomic E-state index is 0.152. The van der Waals surface area contributed by atoms with Gasteiger partial charge in [0.2, 0.25) is 0 Å². The van der Waals surface area contributed by atoms with Gasteiger partial charge in [-0.3, -0.25) is 9.48 Å². The molecule has 1 aromatic rings. The molecule has 0 spiro atoms. The van der Waals surface area contributed by atoms with Crippen molar-refractivity contribution in [3.63, 3.8) is 0 Å². The summed E-state index contributed by atoms with van der Waals surface area (Å²) in [7, 11) is 0. The number of hydrogen-bond acceptors (Lipinski definition) is 3. The smallest absolute Gasteiger partial charge is 0.310 e. The second kappa shape index (κ2) is 8.08. The molecule has 0 aliphatic rings. The Labute approximate surface area is 122 Å². The first-order chi connectivity index (χ1) is 9.53. The fourth-order valence-electron chi connectivity index (χ4n) is 2.39. The molecule has 1 heterocycles. The molecule has 0 aliphatic heterocycles. The summed E-state index contributed by atoms with van der Waals surface area (Å²) < 4.78 is 7.17. The predicted molar refractivity (Wildman–Crippen MR) is 80.8 cm³/mol. The van der Waals surface area contributed by atoms with Crippen molar-refractivity contribution in [1.82, 2.24) is 9.78 Å². The van der Waals surface area contributed by atoms with Gasteiger partial charge in [-0.1, -0.05) is 27.7 Å². The highest BCUT2D eigenvalue weighted by Crippen LogP contribution is 2.19. The third-order valence-electron chi connectivity index (χ3n) is 3.46. The number of rotatable bonds is 8. The highest BCUT2D eigenvalue weighted by molar-refractivity contribution is 5.73. The highest BCUT2D eigenvalue weighted by Gasteiger charge is 2.18. The molecule has 0 unspecified atom stereocenters. The molecule has 0 saturated heterocycles. The Balaban J connectivity index is 2.98. The molecule has 0 bridgehead atoms. The summed E-state index contributed by atoms with van der Waals surface area (Å²) in [6.07, 6.45) is 3.22. The summed E-state index contributed by atoms with van der Waals surface area (Å²) in [5.41, 5.74) is 3.31. The van der Waals surface area contributed by atoms with Crippen LogP contribution in [0.5, 0.6) is 0 Å². The molecule has 0 aliphatic carbocycles. The summed E-state index contributed by atoms with van der Waals surface area (Å²) >= 11 is 0. The largest absolute Gasteiger partial charge is 0.466 e. The maximum absolute atomic E-state index is 11.8. The number of aryl methyl sites for hydroxylation is 2. The van der Waals surface area contributed by atoms with Gasteiger partial charge in [0.05, 0.1) is 18.7 Å². The average Bonchev–Trinajstić information content (AvgIpc) is 2.73. The Bertz CT molecular complexity index is 436. The maximum atomic E-state index is 11.8. The minimum atomic E-state index is -0.152. The van der Waals surface area contributed by atoms with Gasteiger partial charge >= 0.3 is 5.97 Å². The second-order valence-electron chi connectivity index (χ2n) is 5.47. The highest BCUT2D eigenvalue weighted by atomic mass is 16.5. The van der Waals surface area contributed by atoms with E-state index in [0.717, 1.165) is 37.1 Å². The normalized spacial score (nSPS) is 11.1. The fourth-order valence-corrected chi connectivity index (χ4v) is 2.39. The van der Waals surface area contributed by atoms with Gasteiger partial charge in [-0.2, -0.15) is 5.10 Å². The molecule has 0 saturated carbocycles. The molecule has 0 amide bonds. The Morgan fingerprint density at radius 1 is 1.25 bits per heavy atom. The summed E-state index contributed by atoms with van der Waals surface area (Å²) in [5, 5.41) is 4.69. The van der Waals surface area contributed by atoms with Gasteiger partial charge in [-0.05, 0) is 32.1 Å². The van der Waals surface area contributed by atoms with Gasteiger partial charge in [0.1, 0.15) is 0 Å². The number of esters is 1. The fraction of sp³-hybridized carbons (Fsp3) is 0.750. The molecular weight excluding hydrogens is 252 g/mol. The summed E-state index contributed by atoms with van der Waals surface area (Å²) in [6.45, 7) is 11.8. The molecule has 114 valence electrons. The Morgan fingerprint density at radius 3 is 2.45 bits per heavy atom. The standard InChI is InChI=1S/C16H28N2O2/c1-6-14-13(11-16(19)20-8-3)15(7-2)18(17-14)10-9-12(4)5/h12H,6-11H2,1-5H3. The molecule has 0 radical (unpaired) electrons. The van der Waals surface area contributed by atoms with E-state index in [-0.39, 0.29) is 5.97 Å². The zero-order valence-corrected chi connectivity index (χ0v) is 13.5. The molecular formula is C16H28N2O2. The topological polar surface area (TPSA) is 44.1 Å². The molecule has 1 aromatic heterocycles. The lowest BCUT2D eigenvalue weighted by Crippen LogP contribution is -2.11. The predicted octanol–water partition coefficient (Wildman–Crippen LogP) is 3.16. The first-order valence-electron chi connectivity index (χ1n) is 7.76. The van der Waals surface area contributed by atoms with Crippen molar-refractivity contribution in [2.45, 2.75) is 66.8 Å². The van der Waals surface area contributed by atoms with Crippen LogP contribution in [0.4, 0.5) is 0 Å². The van der Waals surface area contributed by atoms with Crippen molar-refractivity contribution in [3.05, 3.63) is 17.0 Å². The van der Waals surface area contributed by atoms with Gasteiger partial charge < -0.3 is 4.74 Å². The van der Waals surface area contributed by atoms with E-state index in [4.69, 9.17) is 9.84 Å². The summed E-state index contributed by atoms with van der Waals surface area (Å²) in [5.74, 6) is 0.503. The lowest BCUT2D eigenvalue weighted by molar-refractivity contribution is -0.142. The maximum Gasteiger partial charge on any atom is 0.310 e. The number of ether oxygens (including phenoxy) is 1. The lowest BCUT2D eigenvalue weighted by Gasteiger charge is -2.09. The zero-order valence-electron chi connectivity index (χ0n) is 13.5. The second-order valence-corrected chi connectivity index (χ2v) is 5.47. The van der Waals surface area contributed by atoms with Crippen molar-refractivity contribution >= 4 is 5.97 Å². The molecule has 20 heavy (non-hydrogen) atoms. The quantitative estimate of drug-likeness (QED) is 0.687. The van der Waals surface area contributed by atoms with Crippen molar-refractivity contribution < 1.29 is 9.53 Å². The van der Waals surface area contributed by atoms with Gasteiger partial charge in [0.15, 0.2) is 0 Å². The van der Waals surface area contributed by atoms with Crippen molar-refractivity contribution in [2.75, 3.05) is 6.61 Å². The summed E-state index contributed by atoms with van der Waals surface area (Å²) in [4.78, 5) is 11.8. The number of hydrogen-bond donors (Lipinski definition) is 0. The van der Waals surface area contributed by atoms with Crippen LogP contribution in [0.15, 0.2) is 0 Å². The number of carbonyl (C=O) groups is 1. The van der Waals surface area contributed by atoms with E-state index >= 15 is 0 Å². The van der Waals surface area contributed by atoms with Crippen LogP contribution >= 0.6 is 0 Å². The average molecular weight is 280 g/mol. The first-order valence-corrected chi connectivity index (χ1v) is 7.76. The number of carbonyl (C=O) groups excluding carboxylic acids is 1. The van der Waals surface area contributed by atoms with Gasteiger partial charge in [-0.25, -0.2) is 0 Å². The van der Waals surface area contributed by atoms with Crippen LogP contribution in [0.3, 0.4) is 0 Å². The van der Waals surface area contributed by atoms with Gasteiger partial charge in [0.25, 0.3) is 0 Å². The van der Waals surface area contributed by atoms with Crippen molar-refractivity contribution in [1.29, 1.82) is 0 Å². The van der Waals surface area contributed by atoms with E-state index < -0.39 is 0 Å². The molecule has 0 atom stereocenters. The molecule has 4 nitrogen and oxygen atoms in total. The zero-order chi connectivity index (χ0) is 15.1. The summed E-state index contributed by atoms with van der Waals surface area (Å²) in [6, 6.07) is 0. The number of aromatic nitrogens is 2. The minimum Gasteiger partial charge on any atom is -0.466 e. The van der Waals surface area contributed by atoms with Gasteiger partial charge in [0, 0.05) is 17.8 Å². The molecule has 0 aromatic carbocycles. The van der Waals surface area contributed by atoms with Crippen LogP contribution in [0.2, 0.25) is 0 Å².